The number of aryl methyl sites for hydroxylation is 1. The van der Waals surface area contributed by atoms with E-state index in [-0.39, 0.29) is 11.2 Å². The van der Waals surface area contributed by atoms with Gasteiger partial charge in [0.2, 0.25) is 5.91 Å². The Kier molecular flexibility index (Phi) is 9.65. The molecule has 7 heteroatoms. The summed E-state index contributed by atoms with van der Waals surface area (Å²) in [6.45, 7) is 7.67. The molecular formula is C22H35N4O3+. The molecule has 160 valence electrons. The quantitative estimate of drug-likeness (QED) is 0.485. The second-order valence-corrected chi connectivity index (χ2v) is 8.45. The summed E-state index contributed by atoms with van der Waals surface area (Å²) < 4.78 is 6.28. The van der Waals surface area contributed by atoms with Gasteiger partial charge in [0.05, 0.1) is 0 Å². The lowest BCUT2D eigenvalue weighted by molar-refractivity contribution is -0.544. The van der Waals surface area contributed by atoms with Gasteiger partial charge in [-0.15, -0.1) is 0 Å². The van der Waals surface area contributed by atoms with Crippen LogP contribution in [0.1, 0.15) is 58.4 Å². The van der Waals surface area contributed by atoms with E-state index in [1.807, 2.05) is 53.9 Å². The molecule has 2 heterocycles. The highest BCUT2D eigenvalue weighted by molar-refractivity contribution is 5.78. The van der Waals surface area contributed by atoms with Crippen LogP contribution >= 0.6 is 0 Å². The molecule has 0 aromatic carbocycles. The van der Waals surface area contributed by atoms with Gasteiger partial charge < -0.3 is 9.64 Å². The molecule has 2 aromatic rings. The van der Waals surface area contributed by atoms with E-state index in [1.54, 1.807) is 11.1 Å². The lowest BCUT2D eigenvalue weighted by Crippen LogP contribution is -2.30. The van der Waals surface area contributed by atoms with E-state index in [0.29, 0.717) is 17.6 Å². The highest BCUT2D eigenvalue weighted by Gasteiger charge is 2.22. The summed E-state index contributed by atoms with van der Waals surface area (Å²) in [6.07, 6.45) is 10.2. The molecule has 0 saturated heterocycles. The number of aromatic nitrogens is 2. The molecule has 0 bridgehead atoms. The van der Waals surface area contributed by atoms with E-state index in [2.05, 4.69) is 4.98 Å². The third-order valence-corrected chi connectivity index (χ3v) is 4.36. The van der Waals surface area contributed by atoms with Crippen molar-refractivity contribution in [1.82, 2.24) is 9.88 Å². The lowest BCUT2D eigenvalue weighted by atomic mass is 9.88. The van der Waals surface area contributed by atoms with E-state index < -0.39 is 0 Å². The Morgan fingerprint density at radius 3 is 2.17 bits per heavy atom. The third-order valence-electron chi connectivity index (χ3n) is 4.36. The Balaban J connectivity index is 0.000000225. The summed E-state index contributed by atoms with van der Waals surface area (Å²) in [4.78, 5) is 27.8. The maximum absolute atomic E-state index is 11.4. The SMILES string of the molecule is CC(C)(C)OC=N.CN(C)C(=O)C1CCCCC1.Cc1ccc(-[n+]2cc2=O)nc1. The van der Waals surface area contributed by atoms with Gasteiger partial charge in [0.1, 0.15) is 11.8 Å². The molecule has 0 radical (unpaired) electrons. The molecule has 29 heavy (non-hydrogen) atoms. The Labute approximate surface area is 173 Å². The molecule has 0 spiro atoms. The zero-order valence-corrected chi connectivity index (χ0v) is 18.6. The molecule has 1 saturated carbocycles. The minimum absolute atomic E-state index is 0.0290. The number of carbonyl (C=O) groups is 1. The number of pyridine rings is 1. The summed E-state index contributed by atoms with van der Waals surface area (Å²) in [6, 6.07) is 3.76. The summed E-state index contributed by atoms with van der Waals surface area (Å²) >= 11 is 0. The average molecular weight is 404 g/mol. The monoisotopic (exact) mass is 403 g/mol. The van der Waals surface area contributed by atoms with Crippen LogP contribution in [0.15, 0.2) is 29.3 Å². The number of amides is 1. The molecule has 3 rings (SSSR count). The highest BCUT2D eigenvalue weighted by Crippen LogP contribution is 2.24. The van der Waals surface area contributed by atoms with Crippen LogP contribution in [-0.4, -0.2) is 41.9 Å². The number of carbonyl (C=O) groups excluding carboxylic acids is 1. The van der Waals surface area contributed by atoms with E-state index in [1.165, 1.54) is 30.0 Å². The third kappa shape index (κ3) is 9.96. The maximum atomic E-state index is 11.4. The topological polar surface area (TPSA) is 87.2 Å². The molecule has 2 aromatic heterocycles. The van der Waals surface area contributed by atoms with Crippen LogP contribution in [0.2, 0.25) is 0 Å². The average Bonchev–Trinajstić information content (AvgIpc) is 3.39. The highest BCUT2D eigenvalue weighted by atomic mass is 16.5. The summed E-state index contributed by atoms with van der Waals surface area (Å²) in [5.41, 5.74) is 0.936. The van der Waals surface area contributed by atoms with Crippen LogP contribution < -0.4 is 10.1 Å². The van der Waals surface area contributed by atoms with Crippen molar-refractivity contribution < 1.29 is 14.1 Å². The zero-order chi connectivity index (χ0) is 22.0. The summed E-state index contributed by atoms with van der Waals surface area (Å²) in [7, 11) is 3.69. The van der Waals surface area contributed by atoms with Gasteiger partial charge >= 0.3 is 11.4 Å². The van der Waals surface area contributed by atoms with Gasteiger partial charge in [-0.2, -0.15) is 4.57 Å². The van der Waals surface area contributed by atoms with Crippen molar-refractivity contribution in [3.63, 3.8) is 0 Å². The molecule has 1 aliphatic carbocycles. The van der Waals surface area contributed by atoms with Crippen molar-refractivity contribution in [3.8, 4) is 5.82 Å². The first kappa shape index (κ1) is 24.5. The van der Waals surface area contributed by atoms with E-state index in [4.69, 9.17) is 10.1 Å². The number of hydrogen-bond acceptors (Lipinski definition) is 5. The fourth-order valence-corrected chi connectivity index (χ4v) is 2.75. The number of rotatable bonds is 3. The Morgan fingerprint density at radius 1 is 1.24 bits per heavy atom. The molecule has 0 aliphatic heterocycles. The standard InChI is InChI=1S/C9H17NO.C8H7N2O.C5H11NO/c1-10(2)9(11)8-6-4-3-5-7-8;1-6-2-3-7(9-4-6)10-5-8(10)11;1-5(2,3)7-4-6/h8H,3-7H2,1-2H3;2-5H,1H3;4,6H,1-3H3/q;+1;. The first-order chi connectivity index (χ1) is 13.5. The van der Waals surface area contributed by atoms with Crippen LogP contribution in [0, 0.1) is 18.3 Å². The molecule has 1 aliphatic rings. The minimum Gasteiger partial charge on any atom is -0.478 e. The molecule has 1 amide bonds. The number of hydrogen-bond donors (Lipinski definition) is 1. The maximum Gasteiger partial charge on any atom is 0.378 e. The predicted octanol–water partition coefficient (Wildman–Crippen LogP) is 2.97. The first-order valence-electron chi connectivity index (χ1n) is 10.0. The van der Waals surface area contributed by atoms with Crippen molar-refractivity contribution in [1.29, 1.82) is 5.41 Å². The molecule has 7 nitrogen and oxygen atoms in total. The molecular weight excluding hydrogens is 368 g/mol. The first-order valence-corrected chi connectivity index (χ1v) is 10.0. The van der Waals surface area contributed by atoms with Gasteiger partial charge in [-0.05, 0) is 57.2 Å². The van der Waals surface area contributed by atoms with Gasteiger partial charge in [-0.25, -0.2) is 4.79 Å². The van der Waals surface area contributed by atoms with Crippen LogP contribution in [0.3, 0.4) is 0 Å². The zero-order valence-electron chi connectivity index (χ0n) is 18.6. The normalized spacial score (nSPS) is 14.1. The van der Waals surface area contributed by atoms with Crippen LogP contribution in [-0.2, 0) is 9.53 Å². The van der Waals surface area contributed by atoms with Gasteiger partial charge in [-0.3, -0.25) is 10.2 Å². The number of ether oxygens (including phenoxy) is 1. The molecule has 0 atom stereocenters. The van der Waals surface area contributed by atoms with Crippen molar-refractivity contribution in [2.24, 2.45) is 5.92 Å². The fraction of sp³-hybridized carbons (Fsp3) is 0.591. The second-order valence-electron chi connectivity index (χ2n) is 8.45. The van der Waals surface area contributed by atoms with Crippen molar-refractivity contribution in [2.75, 3.05) is 14.1 Å². The van der Waals surface area contributed by atoms with Crippen molar-refractivity contribution >= 4 is 12.3 Å². The Bertz CT molecular complexity index is 763. The van der Waals surface area contributed by atoms with Gasteiger partial charge in [-0.1, -0.05) is 19.3 Å². The predicted molar refractivity (Wildman–Crippen MR) is 114 cm³/mol. The Morgan fingerprint density at radius 2 is 1.83 bits per heavy atom. The van der Waals surface area contributed by atoms with E-state index >= 15 is 0 Å². The fourth-order valence-electron chi connectivity index (χ4n) is 2.75. The summed E-state index contributed by atoms with van der Waals surface area (Å²) in [5, 5.41) is 6.51. The largest absolute Gasteiger partial charge is 0.478 e. The van der Waals surface area contributed by atoms with Gasteiger partial charge in [0.25, 0.3) is 0 Å². The summed E-state index contributed by atoms with van der Waals surface area (Å²) in [5.74, 6) is 1.36. The Hall–Kier alpha value is -2.57. The smallest absolute Gasteiger partial charge is 0.378 e. The molecule has 1 N–H and O–H groups in total. The number of nitrogens with one attached hydrogen (secondary N) is 1. The van der Waals surface area contributed by atoms with Crippen molar-refractivity contribution in [3.05, 3.63) is 40.4 Å². The van der Waals surface area contributed by atoms with Crippen molar-refractivity contribution in [2.45, 2.75) is 65.4 Å². The van der Waals surface area contributed by atoms with Gasteiger partial charge in [0, 0.05) is 26.1 Å². The second kappa shape index (κ2) is 11.4. The molecule has 1 fully saturated rings. The molecule has 0 unspecified atom stereocenters. The van der Waals surface area contributed by atoms with Crippen LogP contribution in [0.4, 0.5) is 0 Å². The lowest BCUT2D eigenvalue weighted by Gasteiger charge is -2.23. The van der Waals surface area contributed by atoms with Gasteiger partial charge in [0.15, 0.2) is 12.6 Å². The van der Waals surface area contributed by atoms with E-state index in [9.17, 15) is 9.59 Å². The van der Waals surface area contributed by atoms with Crippen LogP contribution in [0.5, 0.6) is 0 Å². The van der Waals surface area contributed by atoms with E-state index in [0.717, 1.165) is 24.8 Å². The number of nitrogens with zero attached hydrogens (tertiary/aromatic N) is 3. The van der Waals surface area contributed by atoms with Crippen LogP contribution in [0.25, 0.3) is 5.82 Å². The minimum atomic E-state index is -0.193.